The molecule has 2 amide bonds. The van der Waals surface area contributed by atoms with Crippen LogP contribution in [0.4, 0.5) is 19.3 Å². The maximum absolute atomic E-state index is 13.8. The van der Waals surface area contributed by atoms with E-state index in [-0.39, 0.29) is 34.7 Å². The first kappa shape index (κ1) is 21.0. The maximum atomic E-state index is 13.8. The summed E-state index contributed by atoms with van der Waals surface area (Å²) < 4.78 is 32.2. The molecule has 1 heterocycles. The van der Waals surface area contributed by atoms with Gasteiger partial charge in [0.25, 0.3) is 0 Å². The third-order valence-corrected chi connectivity index (χ3v) is 4.61. The first-order chi connectivity index (χ1) is 14.2. The van der Waals surface area contributed by atoms with Crippen molar-refractivity contribution >= 4 is 23.7 Å². The number of halogens is 2. The number of urea groups is 1. The first-order valence-corrected chi connectivity index (χ1v) is 9.01. The normalized spacial score (nSPS) is 16.3. The van der Waals surface area contributed by atoms with Crippen molar-refractivity contribution in [2.45, 2.75) is 19.9 Å². The van der Waals surface area contributed by atoms with Crippen LogP contribution in [0, 0.1) is 11.6 Å². The zero-order chi connectivity index (χ0) is 22.0. The van der Waals surface area contributed by atoms with E-state index in [4.69, 9.17) is 4.74 Å². The number of carboxylic acids is 1. The highest BCUT2D eigenvalue weighted by Crippen LogP contribution is 2.34. The fourth-order valence-electron chi connectivity index (χ4n) is 3.25. The van der Waals surface area contributed by atoms with Gasteiger partial charge in [-0.05, 0) is 49.7 Å². The third-order valence-electron chi connectivity index (χ3n) is 4.61. The zero-order valence-electron chi connectivity index (χ0n) is 16.1. The molecule has 7 nitrogen and oxygen atoms in total. The summed E-state index contributed by atoms with van der Waals surface area (Å²) >= 11 is 0. The number of benzene rings is 2. The fourth-order valence-corrected chi connectivity index (χ4v) is 3.25. The molecule has 2 aromatic carbocycles. The molecule has 0 aliphatic carbocycles. The van der Waals surface area contributed by atoms with E-state index < -0.39 is 35.6 Å². The van der Waals surface area contributed by atoms with E-state index >= 15 is 0 Å². The molecule has 0 fully saturated rings. The molecule has 2 N–H and O–H groups in total. The number of carboxylic acid groups (broad SMARTS) is 1. The number of amides is 2. The van der Waals surface area contributed by atoms with Crippen molar-refractivity contribution in [3.63, 3.8) is 0 Å². The van der Waals surface area contributed by atoms with Crippen LogP contribution < -0.4 is 10.2 Å². The summed E-state index contributed by atoms with van der Waals surface area (Å²) in [6, 6.07) is 6.93. The van der Waals surface area contributed by atoms with Gasteiger partial charge in [-0.3, -0.25) is 4.90 Å². The monoisotopic (exact) mass is 416 g/mol. The lowest BCUT2D eigenvalue weighted by Crippen LogP contribution is -2.48. The van der Waals surface area contributed by atoms with Crippen LogP contribution in [0.25, 0.3) is 0 Å². The Morgan fingerprint density at radius 3 is 2.53 bits per heavy atom. The molecular weight excluding hydrogens is 398 g/mol. The van der Waals surface area contributed by atoms with Crippen molar-refractivity contribution in [2.24, 2.45) is 0 Å². The summed E-state index contributed by atoms with van der Waals surface area (Å²) in [4.78, 5) is 38.0. The van der Waals surface area contributed by atoms with Crippen molar-refractivity contribution in [1.29, 1.82) is 0 Å². The number of allylic oxidation sites excluding steroid dienone is 1. The second-order valence-corrected chi connectivity index (χ2v) is 6.47. The van der Waals surface area contributed by atoms with Crippen LogP contribution in [-0.2, 0) is 9.53 Å². The van der Waals surface area contributed by atoms with Crippen molar-refractivity contribution in [3.05, 3.63) is 76.5 Å². The van der Waals surface area contributed by atoms with E-state index in [0.29, 0.717) is 0 Å². The lowest BCUT2D eigenvalue weighted by atomic mass is 9.94. The number of esters is 1. The number of hydrogen-bond donors (Lipinski definition) is 2. The summed E-state index contributed by atoms with van der Waals surface area (Å²) in [5, 5.41) is 11.8. The number of ether oxygens (including phenoxy) is 1. The number of anilines is 1. The van der Waals surface area contributed by atoms with E-state index in [9.17, 15) is 28.3 Å². The quantitative estimate of drug-likeness (QED) is 0.724. The molecular formula is C21H18F2N2O5. The number of carbonyl (C=O) groups excluding carboxylic acids is 2. The van der Waals surface area contributed by atoms with Crippen LogP contribution >= 0.6 is 0 Å². The van der Waals surface area contributed by atoms with Gasteiger partial charge < -0.3 is 15.2 Å². The minimum atomic E-state index is -1.18. The predicted molar refractivity (Wildman–Crippen MR) is 103 cm³/mol. The number of nitrogens with zero attached hydrogens (tertiary/aromatic N) is 1. The van der Waals surface area contributed by atoms with Crippen LogP contribution in [0.5, 0.6) is 0 Å². The highest BCUT2D eigenvalue weighted by atomic mass is 19.2. The molecule has 9 heteroatoms. The number of aromatic carboxylic acids is 1. The van der Waals surface area contributed by atoms with Gasteiger partial charge in [0.1, 0.15) is 0 Å². The maximum Gasteiger partial charge on any atom is 0.338 e. The van der Waals surface area contributed by atoms with Crippen molar-refractivity contribution in [1.82, 2.24) is 5.32 Å². The van der Waals surface area contributed by atoms with Crippen LogP contribution in [0.3, 0.4) is 0 Å². The second kappa shape index (κ2) is 8.32. The fraction of sp³-hybridized carbons (Fsp3) is 0.190. The SMILES string of the molecule is CCOC(=O)C1=C(C)N(c2cccc(C(=O)O)c2)C(=O)N[C@H]1c1ccc(F)c(F)c1. The molecule has 0 unspecified atom stereocenters. The Hall–Kier alpha value is -3.75. The molecule has 0 radical (unpaired) electrons. The Bertz CT molecular complexity index is 1070. The van der Waals surface area contributed by atoms with Gasteiger partial charge in [0.15, 0.2) is 11.6 Å². The summed E-state index contributed by atoms with van der Waals surface area (Å²) in [7, 11) is 0. The van der Waals surface area contributed by atoms with Gasteiger partial charge in [-0.15, -0.1) is 0 Å². The summed E-state index contributed by atoms with van der Waals surface area (Å²) in [6.07, 6.45) is 0. The molecule has 156 valence electrons. The van der Waals surface area contributed by atoms with Gasteiger partial charge in [-0.1, -0.05) is 12.1 Å². The van der Waals surface area contributed by atoms with Crippen molar-refractivity contribution in [2.75, 3.05) is 11.5 Å². The lowest BCUT2D eigenvalue weighted by Gasteiger charge is -2.35. The van der Waals surface area contributed by atoms with E-state index in [1.54, 1.807) is 6.92 Å². The van der Waals surface area contributed by atoms with E-state index in [2.05, 4.69) is 5.32 Å². The van der Waals surface area contributed by atoms with Crippen molar-refractivity contribution in [3.8, 4) is 0 Å². The highest BCUT2D eigenvalue weighted by molar-refractivity contribution is 6.03. The number of rotatable bonds is 5. The summed E-state index contributed by atoms with van der Waals surface area (Å²) in [6.45, 7) is 3.16. The van der Waals surface area contributed by atoms with E-state index in [1.165, 1.54) is 37.3 Å². The molecule has 1 aliphatic heterocycles. The van der Waals surface area contributed by atoms with Crippen LogP contribution in [0.15, 0.2) is 53.7 Å². The van der Waals surface area contributed by atoms with Crippen LogP contribution in [-0.4, -0.2) is 29.7 Å². The number of nitrogens with one attached hydrogen (secondary N) is 1. The molecule has 0 saturated carbocycles. The van der Waals surface area contributed by atoms with Gasteiger partial charge in [0, 0.05) is 5.70 Å². The Kier molecular flexibility index (Phi) is 5.81. The van der Waals surface area contributed by atoms with Crippen LogP contribution in [0.2, 0.25) is 0 Å². The third kappa shape index (κ3) is 3.86. The number of hydrogen-bond acceptors (Lipinski definition) is 4. The largest absolute Gasteiger partial charge is 0.478 e. The topological polar surface area (TPSA) is 95.9 Å². The molecule has 1 atom stereocenters. The zero-order valence-corrected chi connectivity index (χ0v) is 16.1. The molecule has 30 heavy (non-hydrogen) atoms. The molecule has 3 rings (SSSR count). The molecule has 0 bridgehead atoms. The predicted octanol–water partition coefficient (Wildman–Crippen LogP) is 3.77. The molecule has 0 saturated heterocycles. The molecule has 1 aliphatic rings. The minimum absolute atomic E-state index is 0.0168. The smallest absolute Gasteiger partial charge is 0.338 e. The second-order valence-electron chi connectivity index (χ2n) is 6.47. The first-order valence-electron chi connectivity index (χ1n) is 9.01. The number of carbonyl (C=O) groups is 3. The van der Waals surface area contributed by atoms with E-state index in [1.807, 2.05) is 0 Å². The van der Waals surface area contributed by atoms with Gasteiger partial charge in [0.05, 0.1) is 29.5 Å². The average molecular weight is 416 g/mol. The molecule has 0 spiro atoms. The molecule has 0 aromatic heterocycles. The highest BCUT2D eigenvalue weighted by Gasteiger charge is 2.37. The van der Waals surface area contributed by atoms with Gasteiger partial charge >= 0.3 is 18.0 Å². The Labute approximate surface area is 170 Å². The van der Waals surface area contributed by atoms with Crippen LogP contribution in [0.1, 0.15) is 35.8 Å². The molecule has 2 aromatic rings. The van der Waals surface area contributed by atoms with Gasteiger partial charge in [-0.25, -0.2) is 23.2 Å². The Morgan fingerprint density at radius 1 is 1.17 bits per heavy atom. The van der Waals surface area contributed by atoms with Gasteiger partial charge in [-0.2, -0.15) is 0 Å². The summed E-state index contributed by atoms with van der Waals surface area (Å²) in [5.41, 5.74) is 0.519. The Balaban J connectivity index is 2.15. The average Bonchev–Trinajstić information content (AvgIpc) is 2.70. The minimum Gasteiger partial charge on any atom is -0.478 e. The Morgan fingerprint density at radius 2 is 1.90 bits per heavy atom. The van der Waals surface area contributed by atoms with Crippen molar-refractivity contribution < 1.29 is 33.0 Å². The lowest BCUT2D eigenvalue weighted by molar-refractivity contribution is -0.139. The standard InChI is InChI=1S/C21H18F2N2O5/c1-3-30-20(28)17-11(2)25(14-6-4-5-13(9-14)19(26)27)21(29)24-18(17)12-7-8-15(22)16(23)10-12/h4-10,18H,3H2,1-2H3,(H,24,29)(H,26,27)/t18-/m0/s1. The van der Waals surface area contributed by atoms with Gasteiger partial charge in [0.2, 0.25) is 0 Å². The summed E-state index contributed by atoms with van der Waals surface area (Å²) in [5.74, 6) is -4.11. The van der Waals surface area contributed by atoms with E-state index in [0.717, 1.165) is 17.0 Å².